The molecule has 0 unspecified atom stereocenters. The van der Waals surface area contributed by atoms with E-state index < -0.39 is 0 Å². The maximum Gasteiger partial charge on any atom is 0.271 e. The van der Waals surface area contributed by atoms with Gasteiger partial charge in [0.15, 0.2) is 5.78 Å². The highest BCUT2D eigenvalue weighted by Crippen LogP contribution is 2.22. The number of amides is 1. The highest BCUT2D eigenvalue weighted by Gasteiger charge is 2.20. The first kappa shape index (κ1) is 16.2. The van der Waals surface area contributed by atoms with E-state index >= 15 is 0 Å². The highest BCUT2D eigenvalue weighted by molar-refractivity contribution is 9.10. The molecule has 1 N–H and O–H groups in total. The zero-order valence-corrected chi connectivity index (χ0v) is 14.6. The largest absolute Gasteiger partial charge is 0.343 e. The molecule has 5 nitrogen and oxygen atoms in total. The molecule has 0 spiro atoms. The number of aromatic nitrogens is 2. The minimum Gasteiger partial charge on any atom is -0.343 e. The number of thiophene rings is 1. The summed E-state index contributed by atoms with van der Waals surface area (Å²) >= 11 is 10.3. The number of carbonyl (C=O) groups excluding carboxylic acids is 2. The number of hydrogen-bond donors (Lipinski definition) is 1. The molecule has 0 aliphatic rings. The van der Waals surface area contributed by atoms with Gasteiger partial charge in [-0.15, -0.1) is 11.3 Å². The molecule has 0 saturated heterocycles. The third kappa shape index (κ3) is 3.53. The molecular weight excluding hydrogens is 378 g/mol. The second-order valence-corrected chi connectivity index (χ2v) is 6.78. The van der Waals surface area contributed by atoms with E-state index in [1.165, 1.54) is 11.3 Å². The fraction of sp³-hybridized carbons (Fsp3) is 0.308. The van der Waals surface area contributed by atoms with E-state index in [4.69, 9.17) is 11.6 Å². The van der Waals surface area contributed by atoms with Crippen LogP contribution in [0.5, 0.6) is 0 Å². The van der Waals surface area contributed by atoms with Crippen molar-refractivity contribution in [3.63, 3.8) is 0 Å². The standard InChI is InChI=1S/C13H13BrClN3O2S/c1-3-18-12(11(14)7(2)17-18)13(20)16-6-8(19)9-4-5-10(15)21-9/h4-5H,3,6H2,1-2H3,(H,16,20). The molecule has 0 radical (unpaired) electrons. The van der Waals surface area contributed by atoms with E-state index in [-0.39, 0.29) is 18.2 Å². The molecule has 2 aromatic rings. The van der Waals surface area contributed by atoms with Gasteiger partial charge in [-0.1, -0.05) is 11.6 Å². The Bertz CT molecular complexity index is 696. The lowest BCUT2D eigenvalue weighted by molar-refractivity contribution is 0.0898. The van der Waals surface area contributed by atoms with Gasteiger partial charge in [0, 0.05) is 6.54 Å². The molecule has 0 saturated carbocycles. The summed E-state index contributed by atoms with van der Waals surface area (Å²) in [7, 11) is 0. The molecule has 0 aromatic carbocycles. The number of ketones is 1. The number of nitrogens with zero attached hydrogens (tertiary/aromatic N) is 2. The van der Waals surface area contributed by atoms with Crippen molar-refractivity contribution < 1.29 is 9.59 Å². The van der Waals surface area contributed by atoms with E-state index in [1.54, 1.807) is 16.8 Å². The lowest BCUT2D eigenvalue weighted by Crippen LogP contribution is -2.31. The van der Waals surface area contributed by atoms with E-state index in [9.17, 15) is 9.59 Å². The predicted octanol–water partition coefficient (Wildman–Crippen LogP) is 3.30. The van der Waals surface area contributed by atoms with Gasteiger partial charge in [0.2, 0.25) is 0 Å². The topological polar surface area (TPSA) is 64.0 Å². The smallest absolute Gasteiger partial charge is 0.271 e. The van der Waals surface area contributed by atoms with Gasteiger partial charge in [-0.05, 0) is 41.9 Å². The maximum absolute atomic E-state index is 12.2. The Balaban J connectivity index is 2.07. The zero-order chi connectivity index (χ0) is 15.6. The van der Waals surface area contributed by atoms with Crippen molar-refractivity contribution in [2.45, 2.75) is 20.4 Å². The lowest BCUT2D eigenvalue weighted by Gasteiger charge is -2.06. The number of rotatable bonds is 5. The van der Waals surface area contributed by atoms with Gasteiger partial charge in [-0.25, -0.2) is 0 Å². The molecule has 0 atom stereocenters. The maximum atomic E-state index is 12.2. The summed E-state index contributed by atoms with van der Waals surface area (Å²) in [5.41, 5.74) is 1.16. The fourth-order valence-electron chi connectivity index (χ4n) is 1.80. The minimum absolute atomic E-state index is 0.0734. The normalized spacial score (nSPS) is 10.7. The molecule has 8 heteroatoms. The first-order valence-electron chi connectivity index (χ1n) is 6.23. The van der Waals surface area contributed by atoms with Crippen LogP contribution in [0.3, 0.4) is 0 Å². The van der Waals surface area contributed by atoms with Crippen LogP contribution in [0.1, 0.15) is 32.8 Å². The average molecular weight is 391 g/mol. The Morgan fingerprint density at radius 3 is 2.76 bits per heavy atom. The molecule has 2 rings (SSSR count). The van der Waals surface area contributed by atoms with Crippen LogP contribution >= 0.6 is 38.9 Å². The van der Waals surface area contributed by atoms with Gasteiger partial charge < -0.3 is 5.32 Å². The molecule has 0 aliphatic carbocycles. The number of hydrogen-bond acceptors (Lipinski definition) is 4. The molecule has 21 heavy (non-hydrogen) atoms. The van der Waals surface area contributed by atoms with Crippen LogP contribution in [0.25, 0.3) is 0 Å². The SMILES string of the molecule is CCn1nc(C)c(Br)c1C(=O)NCC(=O)c1ccc(Cl)s1. The summed E-state index contributed by atoms with van der Waals surface area (Å²) in [6.07, 6.45) is 0. The van der Waals surface area contributed by atoms with E-state index in [1.807, 2.05) is 13.8 Å². The second kappa shape index (κ2) is 6.72. The molecule has 1 amide bonds. The minimum atomic E-state index is -0.333. The van der Waals surface area contributed by atoms with Crippen molar-refractivity contribution in [2.75, 3.05) is 6.54 Å². The molecule has 2 heterocycles. The number of carbonyl (C=O) groups is 2. The summed E-state index contributed by atoms with van der Waals surface area (Å²) in [6, 6.07) is 3.31. The van der Waals surface area contributed by atoms with Crippen molar-refractivity contribution in [3.05, 3.63) is 37.2 Å². The third-order valence-corrected chi connectivity index (χ3v) is 5.05. The summed E-state index contributed by atoms with van der Waals surface area (Å²) in [5, 5.41) is 6.87. The number of nitrogens with one attached hydrogen (secondary N) is 1. The van der Waals surface area contributed by atoms with Gasteiger partial charge in [-0.2, -0.15) is 5.10 Å². The van der Waals surface area contributed by atoms with Gasteiger partial charge in [0.25, 0.3) is 5.91 Å². The predicted molar refractivity (Wildman–Crippen MR) is 86.3 cm³/mol. The monoisotopic (exact) mass is 389 g/mol. The fourth-order valence-corrected chi connectivity index (χ4v) is 3.25. The van der Waals surface area contributed by atoms with E-state index in [0.717, 1.165) is 5.69 Å². The van der Waals surface area contributed by atoms with Crippen LogP contribution in [0.2, 0.25) is 4.34 Å². The number of Topliss-reactive ketones (excluding diaryl/α,β-unsaturated/α-hetero) is 1. The molecule has 0 fully saturated rings. The highest BCUT2D eigenvalue weighted by atomic mass is 79.9. The van der Waals surface area contributed by atoms with Crippen molar-refractivity contribution in [2.24, 2.45) is 0 Å². The summed E-state index contributed by atoms with van der Waals surface area (Å²) < 4.78 is 2.79. The van der Waals surface area contributed by atoms with Crippen molar-refractivity contribution in [3.8, 4) is 0 Å². The zero-order valence-electron chi connectivity index (χ0n) is 11.4. The van der Waals surface area contributed by atoms with Crippen LogP contribution in [0.4, 0.5) is 0 Å². The van der Waals surface area contributed by atoms with Crippen LogP contribution in [0, 0.1) is 6.92 Å². The summed E-state index contributed by atoms with van der Waals surface area (Å²) in [6.45, 7) is 4.21. The quantitative estimate of drug-likeness (QED) is 0.797. The first-order valence-corrected chi connectivity index (χ1v) is 8.22. The van der Waals surface area contributed by atoms with E-state index in [0.29, 0.717) is 25.9 Å². The molecule has 2 aromatic heterocycles. The second-order valence-electron chi connectivity index (χ2n) is 4.27. The van der Waals surface area contributed by atoms with Crippen LogP contribution in [-0.2, 0) is 6.54 Å². The Kier molecular flexibility index (Phi) is 5.18. The lowest BCUT2D eigenvalue weighted by atomic mass is 10.3. The Hall–Kier alpha value is -1.18. The van der Waals surface area contributed by atoms with Crippen molar-refractivity contribution >= 4 is 50.6 Å². The van der Waals surface area contributed by atoms with Crippen molar-refractivity contribution in [1.29, 1.82) is 0 Å². The molecular formula is C13H13BrClN3O2S. The first-order chi connectivity index (χ1) is 9.93. The van der Waals surface area contributed by atoms with Gasteiger partial charge in [0.1, 0.15) is 5.69 Å². The van der Waals surface area contributed by atoms with Gasteiger partial charge in [0.05, 0.1) is 25.9 Å². The molecule has 0 bridgehead atoms. The Morgan fingerprint density at radius 2 is 2.19 bits per heavy atom. The summed E-state index contributed by atoms with van der Waals surface area (Å²) in [5.74, 6) is -0.504. The van der Waals surface area contributed by atoms with Crippen LogP contribution in [0.15, 0.2) is 16.6 Å². The van der Waals surface area contributed by atoms with Gasteiger partial charge in [-0.3, -0.25) is 14.3 Å². The van der Waals surface area contributed by atoms with Crippen LogP contribution < -0.4 is 5.32 Å². The number of halogens is 2. The average Bonchev–Trinajstić information content (AvgIpc) is 3.00. The molecule has 0 aliphatic heterocycles. The summed E-state index contributed by atoms with van der Waals surface area (Å²) in [4.78, 5) is 24.7. The Morgan fingerprint density at radius 1 is 1.48 bits per heavy atom. The van der Waals surface area contributed by atoms with Crippen LogP contribution in [-0.4, -0.2) is 28.0 Å². The third-order valence-electron chi connectivity index (χ3n) is 2.83. The van der Waals surface area contributed by atoms with Crippen molar-refractivity contribution in [1.82, 2.24) is 15.1 Å². The Labute approximate surface area is 139 Å². The van der Waals surface area contributed by atoms with Gasteiger partial charge >= 0.3 is 0 Å². The molecule has 112 valence electrons. The number of aryl methyl sites for hydroxylation is 2. The van der Waals surface area contributed by atoms with E-state index in [2.05, 4.69) is 26.3 Å².